The van der Waals surface area contributed by atoms with Gasteiger partial charge in [0.2, 0.25) is 0 Å². The van der Waals surface area contributed by atoms with Gasteiger partial charge in [-0.1, -0.05) is 141 Å². The van der Waals surface area contributed by atoms with E-state index in [1.54, 1.807) is 13.8 Å². The van der Waals surface area contributed by atoms with E-state index in [-0.39, 0.29) is 6.61 Å². The lowest BCUT2D eigenvalue weighted by atomic mass is 9.77. The van der Waals surface area contributed by atoms with E-state index in [0.717, 1.165) is 58.3 Å². The predicted molar refractivity (Wildman–Crippen MR) is 212 cm³/mol. The number of ether oxygens (including phenoxy) is 1. The van der Waals surface area contributed by atoms with Gasteiger partial charge in [0.25, 0.3) is 0 Å². The number of aliphatic hydroxyl groups excluding tert-OH is 1. The first-order valence-corrected chi connectivity index (χ1v) is 18.7. The fourth-order valence-electron chi connectivity index (χ4n) is 7.79. The van der Waals surface area contributed by atoms with Crippen LogP contribution in [0.15, 0.2) is 151 Å². The lowest BCUT2D eigenvalue weighted by molar-refractivity contribution is -0.138. The standard InChI is InChI=1S/C45H46N6O3/c1-5-7-31-44(4)46-40(32(3)52)41(43(53)54-6-2)50(44)37-29-27-33(28-30-37)38-25-17-18-26-39(38)42-47-48-49-51(42)45(34-19-11-8-12-20-34,35-21-13-9-14-22-35)36-23-15-10-16-24-36/h8-30,32,46,52H,5-7,31H2,1-4H3. The highest BCUT2D eigenvalue weighted by Gasteiger charge is 2.46. The highest BCUT2D eigenvalue weighted by molar-refractivity contribution is 5.95. The molecule has 1 aliphatic heterocycles. The van der Waals surface area contributed by atoms with E-state index in [4.69, 9.17) is 15.0 Å². The van der Waals surface area contributed by atoms with Crippen LogP contribution in [0.2, 0.25) is 0 Å². The summed E-state index contributed by atoms with van der Waals surface area (Å²) in [6, 6.07) is 47.4. The molecule has 0 fully saturated rings. The maximum Gasteiger partial charge on any atom is 0.356 e. The highest BCUT2D eigenvalue weighted by Crippen LogP contribution is 2.44. The van der Waals surface area contributed by atoms with Crippen LogP contribution < -0.4 is 10.2 Å². The van der Waals surface area contributed by atoms with Crippen molar-refractivity contribution in [3.63, 3.8) is 0 Å². The molecule has 7 rings (SSSR count). The number of aliphatic hydroxyl groups is 1. The molecule has 6 aromatic rings. The van der Waals surface area contributed by atoms with E-state index in [2.05, 4.69) is 85.0 Å². The van der Waals surface area contributed by atoms with Crippen LogP contribution in [0.3, 0.4) is 0 Å². The Bertz CT molecular complexity index is 2120. The topological polar surface area (TPSA) is 105 Å². The van der Waals surface area contributed by atoms with E-state index < -0.39 is 23.3 Å². The molecule has 274 valence electrons. The van der Waals surface area contributed by atoms with Crippen LogP contribution in [0, 0.1) is 0 Å². The second-order valence-corrected chi connectivity index (χ2v) is 13.8. The molecular weight excluding hydrogens is 673 g/mol. The number of aromatic nitrogens is 4. The molecule has 0 saturated heterocycles. The summed E-state index contributed by atoms with van der Waals surface area (Å²) in [5.74, 6) is 0.136. The molecule has 0 amide bonds. The van der Waals surface area contributed by atoms with Crippen LogP contribution in [-0.4, -0.2) is 49.7 Å². The van der Waals surface area contributed by atoms with Crippen LogP contribution in [0.4, 0.5) is 5.69 Å². The molecule has 9 nitrogen and oxygen atoms in total. The summed E-state index contributed by atoms with van der Waals surface area (Å²) in [6.45, 7) is 7.89. The number of unbranched alkanes of at least 4 members (excludes halogenated alkanes) is 1. The smallest absolute Gasteiger partial charge is 0.356 e. The number of nitrogens with one attached hydrogen (secondary N) is 1. The van der Waals surface area contributed by atoms with Gasteiger partial charge in [-0.3, -0.25) is 0 Å². The Kier molecular flexibility index (Phi) is 10.4. The summed E-state index contributed by atoms with van der Waals surface area (Å²) in [4.78, 5) is 15.5. The number of hydrogen-bond donors (Lipinski definition) is 2. The molecule has 1 aromatic heterocycles. The molecule has 2 heterocycles. The number of carbonyl (C=O) groups is 1. The highest BCUT2D eigenvalue weighted by atomic mass is 16.5. The van der Waals surface area contributed by atoms with Gasteiger partial charge in [0.1, 0.15) is 11.2 Å². The van der Waals surface area contributed by atoms with Gasteiger partial charge in [0.15, 0.2) is 11.5 Å². The van der Waals surface area contributed by atoms with Gasteiger partial charge in [-0.2, -0.15) is 0 Å². The summed E-state index contributed by atoms with van der Waals surface area (Å²) in [5, 5.41) is 28.1. The number of carbonyl (C=O) groups excluding carboxylic acids is 1. The molecule has 0 radical (unpaired) electrons. The zero-order valence-electron chi connectivity index (χ0n) is 31.2. The van der Waals surface area contributed by atoms with Gasteiger partial charge in [-0.05, 0) is 84.0 Å². The summed E-state index contributed by atoms with van der Waals surface area (Å²) in [6.07, 6.45) is 1.78. The average Bonchev–Trinajstić information content (AvgIpc) is 3.82. The largest absolute Gasteiger partial charge is 0.461 e. The SMILES string of the molecule is CCCCC1(C)NC(C(C)O)=C(C(=O)OCC)N1c1ccc(-c2ccccc2-c2nnnn2C(c2ccccc2)(c2ccccc2)c2ccccc2)cc1. The minimum atomic E-state index is -0.900. The van der Waals surface area contributed by atoms with Crippen LogP contribution in [0.5, 0.6) is 0 Å². The van der Waals surface area contributed by atoms with Crippen molar-refractivity contribution in [3.8, 4) is 22.5 Å². The lowest BCUT2D eigenvalue weighted by Crippen LogP contribution is -2.51. The fourth-order valence-corrected chi connectivity index (χ4v) is 7.79. The number of benzene rings is 5. The van der Waals surface area contributed by atoms with Gasteiger partial charge >= 0.3 is 5.97 Å². The quantitative estimate of drug-likeness (QED) is 0.0908. The first-order valence-electron chi connectivity index (χ1n) is 18.7. The Hall–Kier alpha value is -6.06. The maximum absolute atomic E-state index is 13.5. The third-order valence-electron chi connectivity index (χ3n) is 10.2. The van der Waals surface area contributed by atoms with Crippen molar-refractivity contribution >= 4 is 11.7 Å². The monoisotopic (exact) mass is 718 g/mol. The minimum absolute atomic E-state index is 0.226. The molecule has 9 heteroatoms. The van der Waals surface area contributed by atoms with Gasteiger partial charge in [-0.25, -0.2) is 9.48 Å². The Morgan fingerprint density at radius 1 is 0.796 bits per heavy atom. The second-order valence-electron chi connectivity index (χ2n) is 13.8. The van der Waals surface area contributed by atoms with Crippen molar-refractivity contribution in [2.24, 2.45) is 0 Å². The van der Waals surface area contributed by atoms with Crippen molar-refractivity contribution < 1.29 is 14.6 Å². The number of esters is 1. The summed E-state index contributed by atoms with van der Waals surface area (Å²) in [5.41, 5.74) is 5.87. The van der Waals surface area contributed by atoms with E-state index in [9.17, 15) is 9.90 Å². The molecule has 5 aromatic carbocycles. The fraction of sp³-hybridized carbons (Fsp3) is 0.244. The zero-order chi connectivity index (χ0) is 37.7. The third kappa shape index (κ3) is 6.45. The van der Waals surface area contributed by atoms with Crippen molar-refractivity contribution in [1.82, 2.24) is 25.5 Å². The van der Waals surface area contributed by atoms with E-state index in [1.165, 1.54) is 0 Å². The maximum atomic E-state index is 13.5. The Balaban J connectivity index is 1.37. The number of anilines is 1. The van der Waals surface area contributed by atoms with Crippen molar-refractivity contribution in [2.75, 3.05) is 11.5 Å². The Labute approximate surface area is 316 Å². The molecule has 0 spiro atoms. The average molecular weight is 719 g/mol. The number of tetrazole rings is 1. The van der Waals surface area contributed by atoms with Crippen molar-refractivity contribution in [3.05, 3.63) is 168 Å². The summed E-state index contributed by atoms with van der Waals surface area (Å²) < 4.78 is 7.48. The van der Waals surface area contributed by atoms with E-state index in [1.807, 2.05) is 88.4 Å². The number of nitrogens with zero attached hydrogens (tertiary/aromatic N) is 5. The van der Waals surface area contributed by atoms with Crippen molar-refractivity contribution in [2.45, 2.75) is 64.3 Å². The van der Waals surface area contributed by atoms with Crippen molar-refractivity contribution in [1.29, 1.82) is 0 Å². The molecule has 2 unspecified atom stereocenters. The predicted octanol–water partition coefficient (Wildman–Crippen LogP) is 8.32. The molecule has 54 heavy (non-hydrogen) atoms. The molecular formula is C45H46N6O3. The number of hydrogen-bond acceptors (Lipinski definition) is 8. The Morgan fingerprint density at radius 2 is 1.33 bits per heavy atom. The molecule has 2 atom stereocenters. The molecule has 0 aliphatic carbocycles. The Morgan fingerprint density at radius 3 is 1.85 bits per heavy atom. The van der Waals surface area contributed by atoms with E-state index in [0.29, 0.717) is 17.2 Å². The van der Waals surface area contributed by atoms with Crippen LogP contribution >= 0.6 is 0 Å². The molecule has 0 saturated carbocycles. The van der Waals surface area contributed by atoms with Gasteiger partial charge in [0.05, 0.1) is 18.4 Å². The molecule has 0 bridgehead atoms. The van der Waals surface area contributed by atoms with Gasteiger partial charge in [-0.15, -0.1) is 5.10 Å². The van der Waals surface area contributed by atoms with Crippen LogP contribution in [0.25, 0.3) is 22.5 Å². The molecule has 2 N–H and O–H groups in total. The molecule has 1 aliphatic rings. The first kappa shape index (κ1) is 36.3. The van der Waals surface area contributed by atoms with Gasteiger partial charge < -0.3 is 20.1 Å². The van der Waals surface area contributed by atoms with Crippen LogP contribution in [-0.2, 0) is 15.1 Å². The number of rotatable bonds is 13. The third-order valence-corrected chi connectivity index (χ3v) is 10.2. The summed E-state index contributed by atoms with van der Waals surface area (Å²) in [7, 11) is 0. The van der Waals surface area contributed by atoms with E-state index >= 15 is 0 Å². The normalized spacial score (nSPS) is 16.3. The lowest BCUT2D eigenvalue weighted by Gasteiger charge is -2.38. The second kappa shape index (κ2) is 15.5. The minimum Gasteiger partial charge on any atom is -0.461 e. The summed E-state index contributed by atoms with van der Waals surface area (Å²) >= 11 is 0. The zero-order valence-corrected chi connectivity index (χ0v) is 31.2. The first-order chi connectivity index (χ1) is 26.3. The van der Waals surface area contributed by atoms with Crippen LogP contribution in [0.1, 0.15) is 63.6 Å². The van der Waals surface area contributed by atoms with Gasteiger partial charge in [0, 0.05) is 11.3 Å².